The summed E-state index contributed by atoms with van der Waals surface area (Å²) >= 11 is 2.63. The molecule has 0 fully saturated rings. The number of thiophene rings is 1. The summed E-state index contributed by atoms with van der Waals surface area (Å²) in [5, 5.41) is 9.27. The van der Waals surface area contributed by atoms with Gasteiger partial charge >= 0.3 is 5.97 Å². The molecule has 4 rings (SSSR count). The molecule has 166 valence electrons. The van der Waals surface area contributed by atoms with E-state index in [1.807, 2.05) is 30.5 Å². The lowest BCUT2D eigenvalue weighted by atomic mass is 10.1. The van der Waals surface area contributed by atoms with Gasteiger partial charge < -0.3 is 9.72 Å². The standard InChI is InChI=1S/C22H23N5O3S2/c1-6-30-21(29)17-13(4)16-19(28)24-18(25-20(16)32-17)14(5)31-22-26-23-10-27(22)15-8-7-11(2)9-12(15)3/h7-10,14H,6H2,1-5H3,(H,24,25,28). The molecule has 0 aliphatic heterocycles. The molecule has 4 aromatic rings. The van der Waals surface area contributed by atoms with E-state index in [9.17, 15) is 9.59 Å². The number of fused-ring (bicyclic) bond motifs is 1. The van der Waals surface area contributed by atoms with Crippen LogP contribution in [0.1, 0.15) is 51.3 Å². The Morgan fingerprint density at radius 2 is 2.09 bits per heavy atom. The molecule has 1 unspecified atom stereocenters. The number of benzene rings is 1. The van der Waals surface area contributed by atoms with Gasteiger partial charge in [-0.1, -0.05) is 29.5 Å². The monoisotopic (exact) mass is 469 g/mol. The van der Waals surface area contributed by atoms with Gasteiger partial charge in [-0.25, -0.2) is 9.78 Å². The number of hydrogen-bond acceptors (Lipinski definition) is 8. The van der Waals surface area contributed by atoms with Crippen molar-refractivity contribution in [2.24, 2.45) is 0 Å². The van der Waals surface area contributed by atoms with Crippen molar-refractivity contribution in [3.05, 3.63) is 62.3 Å². The third kappa shape index (κ3) is 4.07. The van der Waals surface area contributed by atoms with Crippen molar-refractivity contribution in [3.8, 4) is 5.69 Å². The molecular formula is C22H23N5O3S2. The van der Waals surface area contributed by atoms with E-state index in [2.05, 4.69) is 33.2 Å². The van der Waals surface area contributed by atoms with Gasteiger partial charge in [0.05, 0.1) is 22.9 Å². The first-order valence-electron chi connectivity index (χ1n) is 10.1. The largest absolute Gasteiger partial charge is 0.462 e. The number of aryl methyl sites for hydroxylation is 3. The molecule has 0 saturated carbocycles. The Morgan fingerprint density at radius 3 is 2.81 bits per heavy atom. The molecule has 10 heteroatoms. The van der Waals surface area contributed by atoms with Gasteiger partial charge in [0.25, 0.3) is 5.56 Å². The van der Waals surface area contributed by atoms with Gasteiger partial charge in [0.15, 0.2) is 5.16 Å². The zero-order valence-electron chi connectivity index (χ0n) is 18.4. The van der Waals surface area contributed by atoms with E-state index in [1.54, 1.807) is 20.2 Å². The fourth-order valence-electron chi connectivity index (χ4n) is 3.50. The van der Waals surface area contributed by atoms with Crippen LogP contribution in [-0.2, 0) is 4.74 Å². The smallest absolute Gasteiger partial charge is 0.348 e. The van der Waals surface area contributed by atoms with Crippen molar-refractivity contribution in [1.29, 1.82) is 0 Å². The third-order valence-corrected chi connectivity index (χ3v) is 7.31. The highest BCUT2D eigenvalue weighted by molar-refractivity contribution is 7.99. The number of aromatic amines is 1. The van der Waals surface area contributed by atoms with Gasteiger partial charge in [-0.05, 0) is 51.8 Å². The predicted octanol–water partition coefficient (Wildman–Crippen LogP) is 4.52. The summed E-state index contributed by atoms with van der Waals surface area (Å²) < 4.78 is 7.04. The van der Waals surface area contributed by atoms with E-state index in [4.69, 9.17) is 4.74 Å². The second kappa shape index (κ2) is 8.87. The summed E-state index contributed by atoms with van der Waals surface area (Å²) in [6, 6.07) is 6.20. The maximum atomic E-state index is 12.8. The summed E-state index contributed by atoms with van der Waals surface area (Å²) in [6.07, 6.45) is 1.68. The molecule has 1 atom stereocenters. The second-order valence-corrected chi connectivity index (χ2v) is 9.75. The quantitative estimate of drug-likeness (QED) is 0.327. The van der Waals surface area contributed by atoms with Crippen LogP contribution in [0.25, 0.3) is 15.9 Å². The lowest BCUT2D eigenvalue weighted by Crippen LogP contribution is -2.13. The molecular weight excluding hydrogens is 446 g/mol. The van der Waals surface area contributed by atoms with Crippen molar-refractivity contribution in [2.45, 2.75) is 45.0 Å². The summed E-state index contributed by atoms with van der Waals surface area (Å²) in [5.41, 5.74) is 3.63. The lowest BCUT2D eigenvalue weighted by Gasteiger charge is -2.13. The molecule has 0 radical (unpaired) electrons. The van der Waals surface area contributed by atoms with Gasteiger partial charge in [0, 0.05) is 0 Å². The second-order valence-electron chi connectivity index (χ2n) is 7.44. The number of nitrogens with one attached hydrogen (secondary N) is 1. The maximum Gasteiger partial charge on any atom is 0.348 e. The topological polar surface area (TPSA) is 103 Å². The minimum absolute atomic E-state index is 0.200. The average Bonchev–Trinajstić information content (AvgIpc) is 3.32. The van der Waals surface area contributed by atoms with E-state index >= 15 is 0 Å². The molecule has 1 N–H and O–H groups in total. The van der Waals surface area contributed by atoms with Gasteiger partial charge in [0.1, 0.15) is 21.9 Å². The Hall–Kier alpha value is -2.98. The molecule has 0 amide bonds. The molecule has 32 heavy (non-hydrogen) atoms. The van der Waals surface area contributed by atoms with Crippen LogP contribution >= 0.6 is 23.1 Å². The number of H-pyrrole nitrogens is 1. The van der Waals surface area contributed by atoms with Crippen LogP contribution in [0.2, 0.25) is 0 Å². The highest BCUT2D eigenvalue weighted by atomic mass is 32.2. The van der Waals surface area contributed by atoms with Crippen molar-refractivity contribution < 1.29 is 9.53 Å². The maximum absolute atomic E-state index is 12.8. The number of hydrogen-bond donors (Lipinski definition) is 1. The summed E-state index contributed by atoms with van der Waals surface area (Å²) in [6.45, 7) is 9.82. The Morgan fingerprint density at radius 1 is 1.31 bits per heavy atom. The number of carbonyl (C=O) groups is 1. The molecule has 3 aromatic heterocycles. The van der Waals surface area contributed by atoms with Crippen LogP contribution in [-0.4, -0.2) is 37.3 Å². The Labute approximate surface area is 193 Å². The van der Waals surface area contributed by atoms with Gasteiger partial charge in [-0.3, -0.25) is 9.36 Å². The van der Waals surface area contributed by atoms with Crippen LogP contribution in [0.5, 0.6) is 0 Å². The fourth-order valence-corrected chi connectivity index (χ4v) is 5.48. The summed E-state index contributed by atoms with van der Waals surface area (Å²) in [7, 11) is 0. The number of aromatic nitrogens is 5. The van der Waals surface area contributed by atoms with E-state index in [1.165, 1.54) is 28.7 Å². The number of rotatable bonds is 6. The SMILES string of the molecule is CCOC(=O)c1sc2nc(C(C)Sc3nncn3-c3ccc(C)cc3C)[nH]c(=O)c2c1C. The van der Waals surface area contributed by atoms with Crippen molar-refractivity contribution in [3.63, 3.8) is 0 Å². The van der Waals surface area contributed by atoms with Crippen LogP contribution < -0.4 is 5.56 Å². The van der Waals surface area contributed by atoms with Crippen molar-refractivity contribution in [2.75, 3.05) is 6.61 Å². The third-order valence-electron chi connectivity index (χ3n) is 5.08. The fraction of sp³-hybridized carbons (Fsp3) is 0.318. The lowest BCUT2D eigenvalue weighted by molar-refractivity contribution is 0.0531. The van der Waals surface area contributed by atoms with E-state index in [0.29, 0.717) is 31.6 Å². The Kier molecular flexibility index (Phi) is 6.16. The highest BCUT2D eigenvalue weighted by Gasteiger charge is 2.22. The minimum Gasteiger partial charge on any atom is -0.462 e. The van der Waals surface area contributed by atoms with E-state index in [-0.39, 0.29) is 17.4 Å². The first-order chi connectivity index (χ1) is 15.3. The molecule has 1 aromatic carbocycles. The molecule has 3 heterocycles. The molecule has 8 nitrogen and oxygen atoms in total. The number of ether oxygens (including phenoxy) is 1. The number of thioether (sulfide) groups is 1. The first kappa shape index (κ1) is 22.2. The van der Waals surface area contributed by atoms with Crippen molar-refractivity contribution >= 4 is 39.3 Å². The Balaban J connectivity index is 1.67. The normalized spacial score (nSPS) is 12.3. The first-order valence-corrected chi connectivity index (χ1v) is 11.8. The van der Waals surface area contributed by atoms with Crippen LogP contribution in [0, 0.1) is 20.8 Å². The van der Waals surface area contributed by atoms with Crippen LogP contribution in [0.4, 0.5) is 0 Å². The van der Waals surface area contributed by atoms with Crippen molar-refractivity contribution in [1.82, 2.24) is 24.7 Å². The minimum atomic E-state index is -0.432. The molecule has 0 spiro atoms. The molecule has 0 bridgehead atoms. The predicted molar refractivity (Wildman–Crippen MR) is 126 cm³/mol. The van der Waals surface area contributed by atoms with Crippen LogP contribution in [0.3, 0.4) is 0 Å². The summed E-state index contributed by atoms with van der Waals surface area (Å²) in [4.78, 5) is 33.5. The number of nitrogens with zero attached hydrogens (tertiary/aromatic N) is 4. The van der Waals surface area contributed by atoms with Gasteiger partial charge in [-0.15, -0.1) is 21.5 Å². The van der Waals surface area contributed by atoms with E-state index in [0.717, 1.165) is 11.3 Å². The number of carbonyl (C=O) groups excluding carboxylic acids is 1. The average molecular weight is 470 g/mol. The van der Waals surface area contributed by atoms with E-state index < -0.39 is 5.97 Å². The molecule has 0 saturated heterocycles. The van der Waals surface area contributed by atoms with Crippen LogP contribution in [0.15, 0.2) is 34.5 Å². The molecule has 0 aliphatic carbocycles. The van der Waals surface area contributed by atoms with Gasteiger partial charge in [-0.2, -0.15) is 0 Å². The van der Waals surface area contributed by atoms with Gasteiger partial charge in [0.2, 0.25) is 0 Å². The zero-order valence-corrected chi connectivity index (χ0v) is 20.1. The number of esters is 1. The Bertz CT molecular complexity index is 1370. The highest BCUT2D eigenvalue weighted by Crippen LogP contribution is 2.35. The molecule has 0 aliphatic rings. The zero-order chi connectivity index (χ0) is 23.0. The summed E-state index contributed by atoms with van der Waals surface area (Å²) in [5.74, 6) is 0.0808.